The molecule has 0 amide bonds. The maximum atomic E-state index is 13.6. The molecule has 2 aromatic carbocycles. The first-order valence-corrected chi connectivity index (χ1v) is 6.82. The molecule has 0 bridgehead atoms. The summed E-state index contributed by atoms with van der Waals surface area (Å²) in [6, 6.07) is 7.90. The minimum absolute atomic E-state index is 0.217. The zero-order chi connectivity index (χ0) is 14.7. The van der Waals surface area contributed by atoms with E-state index in [-0.39, 0.29) is 11.6 Å². The van der Waals surface area contributed by atoms with Gasteiger partial charge in [-0.2, -0.15) is 0 Å². The molecule has 0 aromatic heterocycles. The molecule has 2 nitrogen and oxygen atoms in total. The molecule has 0 heterocycles. The minimum Gasteiger partial charge on any atom is -0.494 e. The Morgan fingerprint density at radius 3 is 2.55 bits per heavy atom. The second-order valence-electron chi connectivity index (χ2n) is 4.40. The first-order chi connectivity index (χ1) is 9.51. The van der Waals surface area contributed by atoms with Crippen LogP contribution >= 0.6 is 15.9 Å². The molecule has 2 rings (SSSR count). The van der Waals surface area contributed by atoms with E-state index in [1.54, 1.807) is 18.2 Å². The second kappa shape index (κ2) is 6.22. The molecule has 0 radical (unpaired) electrons. The van der Waals surface area contributed by atoms with Gasteiger partial charge in [0.2, 0.25) is 0 Å². The summed E-state index contributed by atoms with van der Waals surface area (Å²) < 4.78 is 32.1. The lowest BCUT2D eigenvalue weighted by Gasteiger charge is -2.11. The molecular weight excluding hydrogens is 328 g/mol. The van der Waals surface area contributed by atoms with Crippen LogP contribution < -0.4 is 10.1 Å². The highest BCUT2D eigenvalue weighted by molar-refractivity contribution is 9.10. The fraction of sp³-hybridized carbons (Fsp3) is 0.200. The van der Waals surface area contributed by atoms with Crippen LogP contribution in [0.15, 0.2) is 34.8 Å². The van der Waals surface area contributed by atoms with Gasteiger partial charge < -0.3 is 10.1 Å². The van der Waals surface area contributed by atoms with E-state index >= 15 is 0 Å². The van der Waals surface area contributed by atoms with Crippen LogP contribution in [0.3, 0.4) is 0 Å². The Hall–Kier alpha value is -1.62. The number of halogens is 3. The first-order valence-electron chi connectivity index (χ1n) is 6.03. The summed E-state index contributed by atoms with van der Waals surface area (Å²) in [5.74, 6) is -0.484. The number of ether oxygens (including phenoxy) is 1. The van der Waals surface area contributed by atoms with Crippen molar-refractivity contribution in [2.45, 2.75) is 13.5 Å². The topological polar surface area (TPSA) is 21.3 Å². The van der Waals surface area contributed by atoms with Crippen molar-refractivity contribution in [3.05, 3.63) is 57.6 Å². The number of anilines is 1. The third kappa shape index (κ3) is 3.28. The third-order valence-electron chi connectivity index (χ3n) is 2.97. The van der Waals surface area contributed by atoms with Crippen molar-refractivity contribution in [2.75, 3.05) is 12.4 Å². The van der Waals surface area contributed by atoms with Crippen molar-refractivity contribution < 1.29 is 13.5 Å². The molecular formula is C15H14BrF2NO. The Labute approximate surface area is 124 Å². The maximum absolute atomic E-state index is 13.6. The number of hydrogen-bond donors (Lipinski definition) is 1. The van der Waals surface area contributed by atoms with Gasteiger partial charge >= 0.3 is 0 Å². The Morgan fingerprint density at radius 2 is 1.90 bits per heavy atom. The third-order valence-corrected chi connectivity index (χ3v) is 3.57. The van der Waals surface area contributed by atoms with Crippen molar-refractivity contribution in [1.29, 1.82) is 0 Å². The van der Waals surface area contributed by atoms with E-state index in [1.165, 1.54) is 19.2 Å². The Morgan fingerprint density at radius 1 is 1.15 bits per heavy atom. The van der Waals surface area contributed by atoms with E-state index in [1.807, 2.05) is 6.92 Å². The fourth-order valence-electron chi connectivity index (χ4n) is 1.85. The summed E-state index contributed by atoms with van der Waals surface area (Å²) in [6.45, 7) is 2.26. The SMILES string of the molecule is COc1ccc(CNc2cc(Br)c(F)cc2C)cc1F. The zero-order valence-corrected chi connectivity index (χ0v) is 12.7. The molecule has 106 valence electrons. The van der Waals surface area contributed by atoms with Crippen LogP contribution in [0, 0.1) is 18.6 Å². The summed E-state index contributed by atoms with van der Waals surface area (Å²) in [6.07, 6.45) is 0. The van der Waals surface area contributed by atoms with Crippen molar-refractivity contribution in [3.8, 4) is 5.75 Å². The smallest absolute Gasteiger partial charge is 0.165 e. The van der Waals surface area contributed by atoms with Crippen molar-refractivity contribution in [2.24, 2.45) is 0 Å². The lowest BCUT2D eigenvalue weighted by Crippen LogP contribution is -2.02. The van der Waals surface area contributed by atoms with E-state index in [0.29, 0.717) is 11.0 Å². The molecule has 0 atom stereocenters. The molecule has 0 aliphatic rings. The van der Waals surface area contributed by atoms with Gasteiger partial charge in [-0.1, -0.05) is 6.07 Å². The quantitative estimate of drug-likeness (QED) is 0.873. The molecule has 5 heteroatoms. The molecule has 2 aromatic rings. The van der Waals surface area contributed by atoms with E-state index in [9.17, 15) is 8.78 Å². The van der Waals surface area contributed by atoms with Gasteiger partial charge in [-0.25, -0.2) is 8.78 Å². The van der Waals surface area contributed by atoms with Crippen LogP contribution in [0.25, 0.3) is 0 Å². The Balaban J connectivity index is 2.13. The largest absolute Gasteiger partial charge is 0.494 e. The molecule has 0 aliphatic heterocycles. The number of aryl methyl sites for hydroxylation is 1. The molecule has 0 unspecified atom stereocenters. The molecule has 0 spiro atoms. The van der Waals surface area contributed by atoms with Gasteiger partial charge in [-0.3, -0.25) is 0 Å². The number of nitrogens with one attached hydrogen (secondary N) is 1. The molecule has 1 N–H and O–H groups in total. The van der Waals surface area contributed by atoms with Crippen LogP contribution in [0.5, 0.6) is 5.75 Å². The van der Waals surface area contributed by atoms with Crippen molar-refractivity contribution in [1.82, 2.24) is 0 Å². The van der Waals surface area contributed by atoms with Crippen LogP contribution in [0.2, 0.25) is 0 Å². The normalized spacial score (nSPS) is 10.4. The highest BCUT2D eigenvalue weighted by Crippen LogP contribution is 2.25. The van der Waals surface area contributed by atoms with Crippen LogP contribution in [0.4, 0.5) is 14.5 Å². The van der Waals surface area contributed by atoms with Gasteiger partial charge in [0.1, 0.15) is 5.82 Å². The van der Waals surface area contributed by atoms with Crippen LogP contribution in [-0.2, 0) is 6.54 Å². The molecule has 0 fully saturated rings. The molecule has 0 aliphatic carbocycles. The second-order valence-corrected chi connectivity index (χ2v) is 5.26. The van der Waals surface area contributed by atoms with Gasteiger partial charge in [-0.15, -0.1) is 0 Å². The average Bonchev–Trinajstić information content (AvgIpc) is 2.41. The number of benzene rings is 2. The summed E-state index contributed by atoms with van der Waals surface area (Å²) in [7, 11) is 1.43. The number of methoxy groups -OCH3 is 1. The molecule has 0 saturated heterocycles. The summed E-state index contributed by atoms with van der Waals surface area (Å²) in [5, 5.41) is 3.16. The average molecular weight is 342 g/mol. The summed E-state index contributed by atoms with van der Waals surface area (Å²) in [5.41, 5.74) is 2.37. The number of hydrogen-bond acceptors (Lipinski definition) is 2. The van der Waals surface area contributed by atoms with Gasteiger partial charge in [0.05, 0.1) is 11.6 Å². The van der Waals surface area contributed by atoms with Crippen molar-refractivity contribution >= 4 is 21.6 Å². The molecule has 20 heavy (non-hydrogen) atoms. The Bertz CT molecular complexity index is 632. The predicted molar refractivity (Wildman–Crippen MR) is 79.1 cm³/mol. The van der Waals surface area contributed by atoms with E-state index in [2.05, 4.69) is 21.2 Å². The van der Waals surface area contributed by atoms with Gasteiger partial charge in [0.15, 0.2) is 11.6 Å². The van der Waals surface area contributed by atoms with E-state index in [0.717, 1.165) is 16.8 Å². The van der Waals surface area contributed by atoms with Crippen LogP contribution in [0.1, 0.15) is 11.1 Å². The van der Waals surface area contributed by atoms with E-state index in [4.69, 9.17) is 4.74 Å². The van der Waals surface area contributed by atoms with Crippen LogP contribution in [-0.4, -0.2) is 7.11 Å². The standard InChI is InChI=1S/C15H14BrF2NO/c1-9-5-12(17)11(16)7-14(9)19-8-10-3-4-15(20-2)13(18)6-10/h3-7,19H,8H2,1-2H3. The maximum Gasteiger partial charge on any atom is 0.165 e. The predicted octanol–water partition coefficient (Wildman–Crippen LogP) is 4.66. The summed E-state index contributed by atoms with van der Waals surface area (Å²) >= 11 is 3.15. The van der Waals surface area contributed by atoms with E-state index < -0.39 is 5.82 Å². The minimum atomic E-state index is -0.399. The monoisotopic (exact) mass is 341 g/mol. The summed E-state index contributed by atoms with van der Waals surface area (Å²) in [4.78, 5) is 0. The highest BCUT2D eigenvalue weighted by Gasteiger charge is 2.06. The van der Waals surface area contributed by atoms with Crippen molar-refractivity contribution in [3.63, 3.8) is 0 Å². The fourth-order valence-corrected chi connectivity index (χ4v) is 2.20. The first kappa shape index (κ1) is 14.8. The zero-order valence-electron chi connectivity index (χ0n) is 11.1. The van der Waals surface area contributed by atoms with Gasteiger partial charge in [-0.05, 0) is 58.2 Å². The highest BCUT2D eigenvalue weighted by atomic mass is 79.9. The Kier molecular flexibility index (Phi) is 4.60. The lowest BCUT2D eigenvalue weighted by atomic mass is 10.1. The van der Waals surface area contributed by atoms with Gasteiger partial charge in [0.25, 0.3) is 0 Å². The van der Waals surface area contributed by atoms with Gasteiger partial charge in [0, 0.05) is 12.2 Å². The molecule has 0 saturated carbocycles. The lowest BCUT2D eigenvalue weighted by molar-refractivity contribution is 0.386. The number of rotatable bonds is 4.